The highest BCUT2D eigenvalue weighted by atomic mass is 16.5. The van der Waals surface area contributed by atoms with Crippen molar-refractivity contribution in [1.82, 2.24) is 4.90 Å². The molecule has 2 aromatic carbocycles. The van der Waals surface area contributed by atoms with Crippen LogP contribution in [-0.2, 0) is 4.74 Å². The summed E-state index contributed by atoms with van der Waals surface area (Å²) in [5.41, 5.74) is 2.25. The third-order valence-corrected chi connectivity index (χ3v) is 4.56. The molecule has 0 spiro atoms. The molecule has 0 aromatic heterocycles. The molecule has 0 aliphatic carbocycles. The molecule has 0 radical (unpaired) electrons. The molecule has 1 atom stereocenters. The summed E-state index contributed by atoms with van der Waals surface area (Å²) >= 11 is 0. The minimum Gasteiger partial charge on any atom is -0.493 e. The van der Waals surface area contributed by atoms with Crippen molar-refractivity contribution < 1.29 is 23.7 Å². The van der Waals surface area contributed by atoms with E-state index in [4.69, 9.17) is 18.9 Å². The molecule has 144 valence electrons. The van der Waals surface area contributed by atoms with Crippen LogP contribution in [0.5, 0.6) is 17.2 Å². The lowest BCUT2D eigenvalue weighted by atomic mass is 10.0. The Morgan fingerprint density at radius 1 is 1.00 bits per heavy atom. The van der Waals surface area contributed by atoms with E-state index >= 15 is 0 Å². The van der Waals surface area contributed by atoms with Crippen LogP contribution in [0.25, 0.3) is 0 Å². The number of amides is 1. The van der Waals surface area contributed by atoms with Gasteiger partial charge in [-0.2, -0.15) is 0 Å². The minimum atomic E-state index is -0.392. The number of hydrogen-bond acceptors (Lipinski definition) is 6. The Balaban J connectivity index is 2.08. The molecule has 7 heteroatoms. The molecule has 27 heavy (non-hydrogen) atoms. The fraction of sp³-hybridized carbons (Fsp3) is 0.350. The molecule has 0 saturated carbocycles. The van der Waals surface area contributed by atoms with Crippen molar-refractivity contribution in [1.29, 1.82) is 0 Å². The number of rotatable bonds is 7. The van der Waals surface area contributed by atoms with Gasteiger partial charge >= 0.3 is 0 Å². The fourth-order valence-electron chi connectivity index (χ4n) is 3.24. The summed E-state index contributed by atoms with van der Waals surface area (Å²) in [6.07, 6.45) is -0.392. The summed E-state index contributed by atoms with van der Waals surface area (Å²) in [6, 6.07) is 11.2. The van der Waals surface area contributed by atoms with E-state index < -0.39 is 6.17 Å². The molecule has 1 aliphatic heterocycles. The molecule has 0 saturated heterocycles. The zero-order valence-electron chi connectivity index (χ0n) is 15.9. The van der Waals surface area contributed by atoms with Gasteiger partial charge in [-0.3, -0.25) is 4.79 Å². The maximum Gasteiger partial charge on any atom is 0.257 e. The first-order valence-corrected chi connectivity index (χ1v) is 8.60. The van der Waals surface area contributed by atoms with E-state index in [9.17, 15) is 4.79 Å². The predicted molar refractivity (Wildman–Crippen MR) is 102 cm³/mol. The maximum absolute atomic E-state index is 13.1. The van der Waals surface area contributed by atoms with E-state index in [2.05, 4.69) is 5.32 Å². The molecule has 1 N–H and O–H groups in total. The Bertz CT molecular complexity index is 799. The van der Waals surface area contributed by atoms with Crippen LogP contribution < -0.4 is 19.5 Å². The van der Waals surface area contributed by atoms with E-state index in [1.807, 2.05) is 36.4 Å². The van der Waals surface area contributed by atoms with E-state index in [-0.39, 0.29) is 5.91 Å². The van der Waals surface area contributed by atoms with Gasteiger partial charge in [-0.1, -0.05) is 12.1 Å². The van der Waals surface area contributed by atoms with Gasteiger partial charge in [0.15, 0.2) is 11.5 Å². The van der Waals surface area contributed by atoms with Gasteiger partial charge in [-0.05, 0) is 24.3 Å². The van der Waals surface area contributed by atoms with Gasteiger partial charge < -0.3 is 29.2 Å². The number of nitrogens with one attached hydrogen (secondary N) is 1. The van der Waals surface area contributed by atoms with Crippen LogP contribution in [0.3, 0.4) is 0 Å². The van der Waals surface area contributed by atoms with E-state index in [0.29, 0.717) is 36.0 Å². The Labute approximate surface area is 158 Å². The molecule has 1 unspecified atom stereocenters. The predicted octanol–water partition coefficient (Wildman–Crippen LogP) is 2.93. The highest BCUT2D eigenvalue weighted by molar-refractivity contribution is 6.01. The van der Waals surface area contributed by atoms with Crippen molar-refractivity contribution in [2.24, 2.45) is 0 Å². The van der Waals surface area contributed by atoms with Crippen LogP contribution in [0.2, 0.25) is 0 Å². The Kier molecular flexibility index (Phi) is 5.71. The Morgan fingerprint density at radius 2 is 1.67 bits per heavy atom. The van der Waals surface area contributed by atoms with Crippen LogP contribution in [0.4, 0.5) is 5.69 Å². The average molecular weight is 372 g/mol. The molecule has 1 amide bonds. The second-order valence-electron chi connectivity index (χ2n) is 6.04. The maximum atomic E-state index is 13.1. The number of fused-ring (bicyclic) bond motifs is 1. The number of benzene rings is 2. The summed E-state index contributed by atoms with van der Waals surface area (Å²) in [7, 11) is 6.31. The van der Waals surface area contributed by atoms with Crippen LogP contribution >= 0.6 is 0 Å². The molecule has 2 aromatic rings. The van der Waals surface area contributed by atoms with Gasteiger partial charge in [0.25, 0.3) is 5.91 Å². The van der Waals surface area contributed by atoms with Crippen molar-refractivity contribution >= 4 is 11.6 Å². The van der Waals surface area contributed by atoms with Crippen molar-refractivity contribution in [3.63, 3.8) is 0 Å². The van der Waals surface area contributed by atoms with Crippen molar-refractivity contribution in [3.05, 3.63) is 47.5 Å². The van der Waals surface area contributed by atoms with Crippen molar-refractivity contribution in [3.8, 4) is 17.2 Å². The molecular formula is C20H24N2O5. The lowest BCUT2D eigenvalue weighted by Gasteiger charge is -2.38. The zero-order valence-corrected chi connectivity index (χ0v) is 15.9. The van der Waals surface area contributed by atoms with Crippen molar-refractivity contribution in [2.45, 2.75) is 6.17 Å². The second kappa shape index (κ2) is 8.18. The van der Waals surface area contributed by atoms with Gasteiger partial charge in [0.05, 0.1) is 33.5 Å². The van der Waals surface area contributed by atoms with Gasteiger partial charge in [-0.15, -0.1) is 0 Å². The summed E-state index contributed by atoms with van der Waals surface area (Å²) in [5.74, 6) is 1.52. The van der Waals surface area contributed by atoms with Crippen LogP contribution in [-0.4, -0.2) is 52.4 Å². The van der Waals surface area contributed by atoms with E-state index in [1.54, 1.807) is 33.3 Å². The largest absolute Gasteiger partial charge is 0.493 e. The first kappa shape index (κ1) is 18.8. The highest BCUT2D eigenvalue weighted by Crippen LogP contribution is 2.42. The number of anilines is 1. The van der Waals surface area contributed by atoms with Crippen LogP contribution in [0.1, 0.15) is 22.1 Å². The quantitative estimate of drug-likeness (QED) is 0.806. The monoisotopic (exact) mass is 372 g/mol. The third-order valence-electron chi connectivity index (χ3n) is 4.56. The topological polar surface area (TPSA) is 69.3 Å². The van der Waals surface area contributed by atoms with Crippen molar-refractivity contribution in [2.75, 3.05) is 46.9 Å². The zero-order chi connectivity index (χ0) is 19.4. The highest BCUT2D eigenvalue weighted by Gasteiger charge is 2.33. The van der Waals surface area contributed by atoms with E-state index in [0.717, 1.165) is 11.3 Å². The summed E-state index contributed by atoms with van der Waals surface area (Å²) in [6.45, 7) is 0.870. The number of ether oxygens (including phenoxy) is 4. The van der Waals surface area contributed by atoms with Gasteiger partial charge in [0.2, 0.25) is 5.75 Å². The van der Waals surface area contributed by atoms with Gasteiger partial charge in [0.1, 0.15) is 6.17 Å². The SMILES string of the molecule is COCCN1C(=O)c2ccccc2NC1c1cc(OC)c(OC)c(OC)c1. The van der Waals surface area contributed by atoms with Gasteiger partial charge in [0, 0.05) is 24.9 Å². The van der Waals surface area contributed by atoms with Crippen LogP contribution in [0.15, 0.2) is 36.4 Å². The number of para-hydroxylation sites is 1. The molecule has 0 fully saturated rings. The number of nitrogens with zero attached hydrogens (tertiary/aromatic N) is 1. The normalized spacial score (nSPS) is 15.8. The fourth-order valence-corrected chi connectivity index (χ4v) is 3.24. The Morgan fingerprint density at radius 3 is 2.26 bits per heavy atom. The molecule has 1 heterocycles. The number of carbonyl (C=O) groups excluding carboxylic acids is 1. The number of carbonyl (C=O) groups is 1. The molecular weight excluding hydrogens is 348 g/mol. The van der Waals surface area contributed by atoms with Crippen LogP contribution in [0, 0.1) is 0 Å². The lowest BCUT2D eigenvalue weighted by Crippen LogP contribution is -2.44. The van der Waals surface area contributed by atoms with E-state index in [1.165, 1.54) is 0 Å². The Hall–Kier alpha value is -2.93. The average Bonchev–Trinajstić information content (AvgIpc) is 2.71. The molecule has 7 nitrogen and oxygen atoms in total. The molecule has 1 aliphatic rings. The molecule has 0 bridgehead atoms. The second-order valence-corrected chi connectivity index (χ2v) is 6.04. The minimum absolute atomic E-state index is 0.0554. The smallest absolute Gasteiger partial charge is 0.257 e. The van der Waals surface area contributed by atoms with Gasteiger partial charge in [-0.25, -0.2) is 0 Å². The first-order chi connectivity index (χ1) is 13.1. The number of hydrogen-bond donors (Lipinski definition) is 1. The first-order valence-electron chi connectivity index (χ1n) is 8.60. The lowest BCUT2D eigenvalue weighted by molar-refractivity contribution is 0.0609. The summed E-state index contributed by atoms with van der Waals surface area (Å²) in [4.78, 5) is 14.8. The molecule has 3 rings (SSSR count). The third kappa shape index (κ3) is 3.50. The summed E-state index contributed by atoms with van der Waals surface area (Å²) in [5, 5.41) is 3.44. The standard InChI is InChI=1S/C20H24N2O5/c1-24-10-9-22-19(21-15-8-6-5-7-14(15)20(22)23)13-11-16(25-2)18(27-4)17(12-13)26-3/h5-8,11-12,19,21H,9-10H2,1-4H3. The summed E-state index contributed by atoms with van der Waals surface area (Å²) < 4.78 is 21.5. The number of methoxy groups -OCH3 is 4.